The molecule has 0 atom stereocenters. The summed E-state index contributed by atoms with van der Waals surface area (Å²) in [5.41, 5.74) is 2.25. The van der Waals surface area contributed by atoms with Crippen LogP contribution in [0.1, 0.15) is 26.7 Å². The second-order valence-corrected chi connectivity index (χ2v) is 3.06. The molecule has 0 amide bonds. The SMILES string of the molecule is C=C(C)/N=C\C(=C/C)C1CC1. The van der Waals surface area contributed by atoms with E-state index in [1.165, 1.54) is 18.4 Å². The Hall–Kier alpha value is -0.850. The maximum Gasteiger partial charge on any atom is 0.0302 e. The molecule has 1 aliphatic carbocycles. The van der Waals surface area contributed by atoms with E-state index in [1.54, 1.807) is 0 Å². The summed E-state index contributed by atoms with van der Waals surface area (Å²) in [5, 5.41) is 0. The molecule has 1 nitrogen and oxygen atoms in total. The van der Waals surface area contributed by atoms with Gasteiger partial charge in [0, 0.05) is 11.9 Å². The van der Waals surface area contributed by atoms with Crippen molar-refractivity contribution in [3.05, 3.63) is 23.9 Å². The van der Waals surface area contributed by atoms with Crippen LogP contribution in [0.25, 0.3) is 0 Å². The highest BCUT2D eigenvalue weighted by molar-refractivity contribution is 5.80. The Morgan fingerprint density at radius 1 is 1.55 bits per heavy atom. The lowest BCUT2D eigenvalue weighted by Crippen LogP contribution is -1.86. The van der Waals surface area contributed by atoms with Crippen molar-refractivity contribution in [1.82, 2.24) is 0 Å². The van der Waals surface area contributed by atoms with Crippen LogP contribution in [-0.2, 0) is 0 Å². The van der Waals surface area contributed by atoms with Crippen molar-refractivity contribution in [3.63, 3.8) is 0 Å². The van der Waals surface area contributed by atoms with E-state index in [4.69, 9.17) is 0 Å². The van der Waals surface area contributed by atoms with E-state index in [0.29, 0.717) is 0 Å². The van der Waals surface area contributed by atoms with Crippen molar-refractivity contribution in [2.45, 2.75) is 26.7 Å². The third kappa shape index (κ3) is 2.71. The second kappa shape index (κ2) is 3.51. The van der Waals surface area contributed by atoms with Gasteiger partial charge in [-0.1, -0.05) is 12.7 Å². The van der Waals surface area contributed by atoms with Crippen molar-refractivity contribution in [2.75, 3.05) is 0 Å². The fourth-order valence-electron chi connectivity index (χ4n) is 1.02. The first kappa shape index (κ1) is 8.25. The largest absolute Gasteiger partial charge is 0.262 e. The number of aliphatic imine (C=N–C) groups is 1. The van der Waals surface area contributed by atoms with Gasteiger partial charge in [-0.2, -0.15) is 0 Å². The molecule has 0 bridgehead atoms. The molecule has 1 rings (SSSR count). The molecule has 11 heavy (non-hydrogen) atoms. The zero-order valence-corrected chi connectivity index (χ0v) is 7.30. The van der Waals surface area contributed by atoms with Gasteiger partial charge >= 0.3 is 0 Å². The van der Waals surface area contributed by atoms with Gasteiger partial charge in [-0.25, -0.2) is 0 Å². The quantitative estimate of drug-likeness (QED) is 0.547. The summed E-state index contributed by atoms with van der Waals surface area (Å²) in [5.74, 6) is 0.795. The maximum absolute atomic E-state index is 4.17. The molecular formula is C10H15N. The summed E-state index contributed by atoms with van der Waals surface area (Å²) in [6.45, 7) is 7.70. The van der Waals surface area contributed by atoms with Crippen LogP contribution in [0.3, 0.4) is 0 Å². The van der Waals surface area contributed by atoms with E-state index >= 15 is 0 Å². The van der Waals surface area contributed by atoms with Gasteiger partial charge in [-0.3, -0.25) is 4.99 Å². The number of nitrogens with zero attached hydrogens (tertiary/aromatic N) is 1. The Kier molecular flexibility index (Phi) is 2.64. The minimum absolute atomic E-state index is 0.795. The van der Waals surface area contributed by atoms with Crippen molar-refractivity contribution in [1.29, 1.82) is 0 Å². The minimum atomic E-state index is 0.795. The Morgan fingerprint density at radius 3 is 2.55 bits per heavy atom. The van der Waals surface area contributed by atoms with Gasteiger partial charge in [-0.05, 0) is 38.2 Å². The minimum Gasteiger partial charge on any atom is -0.262 e. The molecule has 0 heterocycles. The van der Waals surface area contributed by atoms with E-state index < -0.39 is 0 Å². The maximum atomic E-state index is 4.17. The lowest BCUT2D eigenvalue weighted by Gasteiger charge is -1.94. The highest BCUT2D eigenvalue weighted by Gasteiger charge is 2.23. The summed E-state index contributed by atoms with van der Waals surface area (Å²) >= 11 is 0. The van der Waals surface area contributed by atoms with Gasteiger partial charge in [0.25, 0.3) is 0 Å². The summed E-state index contributed by atoms with van der Waals surface area (Å²) in [4.78, 5) is 4.17. The van der Waals surface area contributed by atoms with Crippen molar-refractivity contribution in [2.24, 2.45) is 10.9 Å². The zero-order valence-electron chi connectivity index (χ0n) is 7.30. The molecule has 1 fully saturated rings. The molecular weight excluding hydrogens is 134 g/mol. The lowest BCUT2D eigenvalue weighted by atomic mass is 10.2. The standard InChI is InChI=1S/C10H15N/c1-4-9(10-5-6-10)7-11-8(2)3/h4,7,10H,2,5-6H2,1,3H3/b9-4+,11-7-. The number of hydrogen-bond donors (Lipinski definition) is 0. The molecule has 0 spiro atoms. The summed E-state index contributed by atoms with van der Waals surface area (Å²) < 4.78 is 0. The topological polar surface area (TPSA) is 12.4 Å². The Morgan fingerprint density at radius 2 is 2.18 bits per heavy atom. The fraction of sp³-hybridized carbons (Fsp3) is 0.500. The van der Waals surface area contributed by atoms with Crippen LogP contribution >= 0.6 is 0 Å². The zero-order chi connectivity index (χ0) is 8.27. The molecule has 1 saturated carbocycles. The summed E-state index contributed by atoms with van der Waals surface area (Å²) in [7, 11) is 0. The summed E-state index contributed by atoms with van der Waals surface area (Å²) in [6.07, 6.45) is 6.76. The first-order valence-corrected chi connectivity index (χ1v) is 4.10. The average molecular weight is 149 g/mol. The highest BCUT2D eigenvalue weighted by atomic mass is 14.7. The van der Waals surface area contributed by atoms with Gasteiger partial charge in [0.1, 0.15) is 0 Å². The third-order valence-electron chi connectivity index (χ3n) is 1.82. The van der Waals surface area contributed by atoms with Crippen LogP contribution in [0, 0.1) is 5.92 Å². The highest BCUT2D eigenvalue weighted by Crippen LogP contribution is 2.35. The Balaban J connectivity index is 2.50. The smallest absolute Gasteiger partial charge is 0.0302 e. The predicted octanol–water partition coefficient (Wildman–Crippen LogP) is 2.95. The molecule has 1 aliphatic rings. The molecule has 0 aliphatic heterocycles. The molecule has 1 heteroatoms. The molecule has 0 aromatic carbocycles. The molecule has 0 aromatic rings. The van der Waals surface area contributed by atoms with Crippen LogP contribution in [0.4, 0.5) is 0 Å². The number of allylic oxidation sites excluding steroid dienone is 3. The number of rotatable bonds is 3. The van der Waals surface area contributed by atoms with Gasteiger partial charge < -0.3 is 0 Å². The Bertz CT molecular complexity index is 207. The van der Waals surface area contributed by atoms with E-state index in [0.717, 1.165) is 11.6 Å². The van der Waals surface area contributed by atoms with E-state index in [-0.39, 0.29) is 0 Å². The summed E-state index contributed by atoms with van der Waals surface area (Å²) in [6, 6.07) is 0. The van der Waals surface area contributed by atoms with E-state index in [2.05, 4.69) is 24.6 Å². The van der Waals surface area contributed by atoms with Crippen LogP contribution in [0.2, 0.25) is 0 Å². The lowest BCUT2D eigenvalue weighted by molar-refractivity contribution is 1.07. The normalized spacial score (nSPS) is 19.3. The van der Waals surface area contributed by atoms with Gasteiger partial charge in [0.2, 0.25) is 0 Å². The van der Waals surface area contributed by atoms with Crippen LogP contribution in [0.5, 0.6) is 0 Å². The monoisotopic (exact) mass is 149 g/mol. The Labute approximate surface area is 68.5 Å². The van der Waals surface area contributed by atoms with Crippen LogP contribution in [0.15, 0.2) is 28.9 Å². The molecule has 0 saturated heterocycles. The third-order valence-corrected chi connectivity index (χ3v) is 1.82. The van der Waals surface area contributed by atoms with Crippen molar-refractivity contribution < 1.29 is 0 Å². The first-order valence-electron chi connectivity index (χ1n) is 4.10. The average Bonchev–Trinajstić information content (AvgIpc) is 2.72. The van der Waals surface area contributed by atoms with E-state index in [9.17, 15) is 0 Å². The first-order chi connectivity index (χ1) is 5.24. The van der Waals surface area contributed by atoms with Gasteiger partial charge in [0.05, 0.1) is 0 Å². The molecule has 0 unspecified atom stereocenters. The van der Waals surface area contributed by atoms with E-state index in [1.807, 2.05) is 13.1 Å². The van der Waals surface area contributed by atoms with Crippen molar-refractivity contribution in [3.8, 4) is 0 Å². The van der Waals surface area contributed by atoms with Gasteiger partial charge in [0.15, 0.2) is 0 Å². The van der Waals surface area contributed by atoms with Gasteiger partial charge in [-0.15, -0.1) is 0 Å². The second-order valence-electron chi connectivity index (χ2n) is 3.06. The molecule has 0 aromatic heterocycles. The molecule has 0 radical (unpaired) electrons. The predicted molar refractivity (Wildman–Crippen MR) is 49.8 cm³/mol. The fourth-order valence-corrected chi connectivity index (χ4v) is 1.02. The van der Waals surface area contributed by atoms with Crippen LogP contribution < -0.4 is 0 Å². The molecule has 0 N–H and O–H groups in total. The van der Waals surface area contributed by atoms with Crippen LogP contribution in [-0.4, -0.2) is 6.21 Å². The van der Waals surface area contributed by atoms with Crippen molar-refractivity contribution >= 4 is 6.21 Å². The molecule has 60 valence electrons. The number of hydrogen-bond acceptors (Lipinski definition) is 1.